The minimum Gasteiger partial charge on any atom is -0.332 e. The summed E-state index contributed by atoms with van der Waals surface area (Å²) in [6.07, 6.45) is 0. The van der Waals surface area contributed by atoms with Crippen molar-refractivity contribution in [2.75, 3.05) is 19.6 Å². The molecule has 1 atom stereocenters. The molecule has 0 radical (unpaired) electrons. The molecule has 22 heavy (non-hydrogen) atoms. The van der Waals surface area contributed by atoms with E-state index in [1.54, 1.807) is 11.3 Å². The van der Waals surface area contributed by atoms with Crippen LogP contribution in [-0.2, 0) is 0 Å². The van der Waals surface area contributed by atoms with Crippen LogP contribution < -0.4 is 5.32 Å². The lowest BCUT2D eigenvalue weighted by Crippen LogP contribution is -2.52. The van der Waals surface area contributed by atoms with E-state index < -0.39 is 0 Å². The third-order valence-corrected chi connectivity index (χ3v) is 4.97. The third-order valence-electron chi connectivity index (χ3n) is 4.10. The van der Waals surface area contributed by atoms with Crippen LogP contribution in [0.25, 0.3) is 10.6 Å². The van der Waals surface area contributed by atoms with Crippen molar-refractivity contribution >= 4 is 17.2 Å². The summed E-state index contributed by atoms with van der Waals surface area (Å²) in [5.74, 6) is 0.0428. The van der Waals surface area contributed by atoms with Gasteiger partial charge in [0.05, 0.1) is 0 Å². The minimum absolute atomic E-state index is 0.0428. The Morgan fingerprint density at radius 3 is 2.95 bits per heavy atom. The van der Waals surface area contributed by atoms with Crippen molar-refractivity contribution in [3.05, 3.63) is 40.4 Å². The molecule has 3 rings (SSSR count). The number of thiazole rings is 1. The molecule has 5 heteroatoms. The van der Waals surface area contributed by atoms with Crippen LogP contribution in [0.4, 0.5) is 0 Å². The molecule has 1 aliphatic rings. The molecule has 2 aromatic rings. The lowest BCUT2D eigenvalue weighted by atomic mass is 10.1. The lowest BCUT2D eigenvalue weighted by molar-refractivity contribution is 0.0650. The van der Waals surface area contributed by atoms with Crippen LogP contribution >= 0.6 is 11.3 Å². The van der Waals surface area contributed by atoms with E-state index in [-0.39, 0.29) is 11.9 Å². The highest BCUT2D eigenvalue weighted by molar-refractivity contribution is 7.13. The van der Waals surface area contributed by atoms with Gasteiger partial charge >= 0.3 is 0 Å². The number of carbonyl (C=O) groups is 1. The zero-order valence-corrected chi connectivity index (χ0v) is 14.0. The molecule has 0 saturated carbocycles. The van der Waals surface area contributed by atoms with Crippen LogP contribution in [0.15, 0.2) is 23.6 Å². The average Bonchev–Trinajstić information content (AvgIpc) is 2.96. The lowest BCUT2D eigenvalue weighted by Gasteiger charge is -2.33. The molecule has 0 aliphatic carbocycles. The zero-order valence-electron chi connectivity index (χ0n) is 13.2. The second-order valence-corrected chi connectivity index (χ2v) is 6.77. The van der Waals surface area contributed by atoms with Gasteiger partial charge in [0.25, 0.3) is 5.91 Å². The molecule has 1 aliphatic heterocycles. The van der Waals surface area contributed by atoms with E-state index in [4.69, 9.17) is 0 Å². The SMILES string of the molecule is Cc1ccc(-c2nc(C(=O)N3CCNC[C@H]3C)cs2)c(C)c1. The first-order chi connectivity index (χ1) is 10.6. The van der Waals surface area contributed by atoms with E-state index in [1.165, 1.54) is 11.1 Å². The molecular weight excluding hydrogens is 294 g/mol. The first-order valence-electron chi connectivity index (χ1n) is 7.61. The summed E-state index contributed by atoms with van der Waals surface area (Å²) in [6.45, 7) is 8.69. The molecule has 0 bridgehead atoms. The van der Waals surface area contributed by atoms with Gasteiger partial charge in [-0.15, -0.1) is 11.3 Å². The van der Waals surface area contributed by atoms with Crippen LogP contribution in [-0.4, -0.2) is 41.5 Å². The number of nitrogens with zero attached hydrogens (tertiary/aromatic N) is 2. The maximum atomic E-state index is 12.6. The highest BCUT2D eigenvalue weighted by Gasteiger charge is 2.25. The van der Waals surface area contributed by atoms with Gasteiger partial charge in [-0.1, -0.05) is 23.8 Å². The van der Waals surface area contributed by atoms with Gasteiger partial charge in [-0.3, -0.25) is 4.79 Å². The van der Waals surface area contributed by atoms with Gasteiger partial charge in [0.2, 0.25) is 0 Å². The zero-order chi connectivity index (χ0) is 15.7. The third kappa shape index (κ3) is 2.91. The fraction of sp³-hybridized carbons (Fsp3) is 0.412. The molecule has 116 valence electrons. The maximum absolute atomic E-state index is 12.6. The Morgan fingerprint density at radius 1 is 1.41 bits per heavy atom. The Morgan fingerprint density at radius 2 is 2.23 bits per heavy atom. The predicted molar refractivity (Wildman–Crippen MR) is 90.4 cm³/mol. The van der Waals surface area contributed by atoms with E-state index >= 15 is 0 Å². The Hall–Kier alpha value is -1.72. The number of aromatic nitrogens is 1. The summed E-state index contributed by atoms with van der Waals surface area (Å²) in [6, 6.07) is 6.54. The number of hydrogen-bond acceptors (Lipinski definition) is 4. The molecule has 1 fully saturated rings. The molecule has 1 saturated heterocycles. The van der Waals surface area contributed by atoms with Crippen LogP contribution in [0.1, 0.15) is 28.5 Å². The summed E-state index contributed by atoms with van der Waals surface area (Å²) in [5.41, 5.74) is 4.12. The van der Waals surface area contributed by atoms with E-state index in [1.807, 2.05) is 10.3 Å². The smallest absolute Gasteiger partial charge is 0.273 e. The Kier molecular flexibility index (Phi) is 4.27. The molecule has 1 N–H and O–H groups in total. The number of nitrogens with one attached hydrogen (secondary N) is 1. The van der Waals surface area contributed by atoms with Crippen molar-refractivity contribution in [2.24, 2.45) is 0 Å². The van der Waals surface area contributed by atoms with E-state index in [0.717, 1.165) is 30.2 Å². The van der Waals surface area contributed by atoms with Crippen LogP contribution in [0, 0.1) is 13.8 Å². The highest BCUT2D eigenvalue weighted by atomic mass is 32.1. The van der Waals surface area contributed by atoms with E-state index in [9.17, 15) is 4.79 Å². The fourth-order valence-electron chi connectivity index (χ4n) is 2.84. The monoisotopic (exact) mass is 315 g/mol. The van der Waals surface area contributed by atoms with Crippen LogP contribution in [0.2, 0.25) is 0 Å². The summed E-state index contributed by atoms with van der Waals surface area (Å²) >= 11 is 1.54. The Labute approximate surface area is 135 Å². The fourth-order valence-corrected chi connectivity index (χ4v) is 3.72. The molecule has 1 amide bonds. The summed E-state index contributed by atoms with van der Waals surface area (Å²) in [7, 11) is 0. The largest absolute Gasteiger partial charge is 0.332 e. The van der Waals surface area contributed by atoms with Crippen LogP contribution in [0.5, 0.6) is 0 Å². The van der Waals surface area contributed by atoms with E-state index in [2.05, 4.69) is 49.3 Å². The quantitative estimate of drug-likeness (QED) is 0.927. The number of aryl methyl sites for hydroxylation is 2. The number of rotatable bonds is 2. The van der Waals surface area contributed by atoms with Gasteiger partial charge in [0.15, 0.2) is 0 Å². The molecule has 0 unspecified atom stereocenters. The molecule has 1 aromatic heterocycles. The molecule has 0 spiro atoms. The van der Waals surface area contributed by atoms with Gasteiger partial charge in [-0.25, -0.2) is 4.98 Å². The van der Waals surface area contributed by atoms with Crippen molar-refractivity contribution in [1.29, 1.82) is 0 Å². The number of hydrogen-bond donors (Lipinski definition) is 1. The average molecular weight is 315 g/mol. The highest BCUT2D eigenvalue weighted by Crippen LogP contribution is 2.28. The number of amides is 1. The van der Waals surface area contributed by atoms with E-state index in [0.29, 0.717) is 5.69 Å². The van der Waals surface area contributed by atoms with Gasteiger partial charge in [-0.05, 0) is 26.3 Å². The van der Waals surface area contributed by atoms with Gasteiger partial charge in [0, 0.05) is 36.6 Å². The Bertz CT molecular complexity index is 695. The second-order valence-electron chi connectivity index (χ2n) is 5.91. The topological polar surface area (TPSA) is 45.2 Å². The van der Waals surface area contributed by atoms with Crippen molar-refractivity contribution in [3.8, 4) is 10.6 Å². The summed E-state index contributed by atoms with van der Waals surface area (Å²) in [4.78, 5) is 19.1. The molecule has 4 nitrogen and oxygen atoms in total. The van der Waals surface area contributed by atoms with Crippen molar-refractivity contribution in [3.63, 3.8) is 0 Å². The number of carbonyl (C=O) groups excluding carboxylic acids is 1. The summed E-state index contributed by atoms with van der Waals surface area (Å²) < 4.78 is 0. The van der Waals surface area contributed by atoms with Crippen molar-refractivity contribution < 1.29 is 4.79 Å². The standard InChI is InChI=1S/C17H21N3OS/c1-11-4-5-14(12(2)8-11)16-19-15(10-22-16)17(21)20-7-6-18-9-13(20)3/h4-5,8,10,13,18H,6-7,9H2,1-3H3/t13-/m1/s1. The number of benzene rings is 1. The van der Waals surface area contributed by atoms with Crippen LogP contribution in [0.3, 0.4) is 0 Å². The Balaban J connectivity index is 1.85. The van der Waals surface area contributed by atoms with Gasteiger partial charge < -0.3 is 10.2 Å². The minimum atomic E-state index is 0.0428. The molecule has 1 aromatic carbocycles. The van der Waals surface area contributed by atoms with Gasteiger partial charge in [0.1, 0.15) is 10.7 Å². The molecule has 2 heterocycles. The maximum Gasteiger partial charge on any atom is 0.273 e. The first kappa shape index (κ1) is 15.2. The second kappa shape index (κ2) is 6.18. The predicted octanol–water partition coefficient (Wildman–Crippen LogP) is 2.86. The van der Waals surface area contributed by atoms with Gasteiger partial charge in [-0.2, -0.15) is 0 Å². The summed E-state index contributed by atoms with van der Waals surface area (Å²) in [5, 5.41) is 6.10. The number of piperazine rings is 1. The first-order valence-corrected chi connectivity index (χ1v) is 8.49. The molecular formula is C17H21N3OS. The van der Waals surface area contributed by atoms with Crippen molar-refractivity contribution in [2.45, 2.75) is 26.8 Å². The van der Waals surface area contributed by atoms with Crippen molar-refractivity contribution in [1.82, 2.24) is 15.2 Å². The normalized spacial score (nSPS) is 18.5.